The summed E-state index contributed by atoms with van der Waals surface area (Å²) in [6, 6.07) is 0. The number of rotatable bonds is 3. The van der Waals surface area contributed by atoms with Crippen LogP contribution in [-0.4, -0.2) is 46.7 Å². The van der Waals surface area contributed by atoms with Crippen LogP contribution < -0.4 is 11.3 Å². The van der Waals surface area contributed by atoms with E-state index in [4.69, 9.17) is 5.84 Å². The lowest BCUT2D eigenvalue weighted by Crippen LogP contribution is -2.38. The first-order valence-corrected chi connectivity index (χ1v) is 9.12. The second-order valence-corrected chi connectivity index (χ2v) is 7.93. The molecule has 2 aromatic heterocycles. The summed E-state index contributed by atoms with van der Waals surface area (Å²) in [5.74, 6) is 7.22. The summed E-state index contributed by atoms with van der Waals surface area (Å²) in [5, 5.41) is 1.92. The predicted molar refractivity (Wildman–Crippen MR) is 77.0 cm³/mol. The summed E-state index contributed by atoms with van der Waals surface area (Å²) >= 11 is 3.13. The number of nitrogens with zero attached hydrogens (tertiary/aromatic N) is 3. The summed E-state index contributed by atoms with van der Waals surface area (Å²) in [5.41, 5.74) is 2.38. The Labute approximate surface area is 118 Å². The first kappa shape index (κ1) is 13.2. The van der Waals surface area contributed by atoms with Crippen LogP contribution in [0.2, 0.25) is 0 Å². The van der Waals surface area contributed by atoms with Gasteiger partial charge in [0.1, 0.15) is 0 Å². The standard InChI is InChI=1S/C9H13N5O2S3/c10-12-7-8(14-3-6-18-9(14)11-7)19(15,16)13-1-4-17-5-2-13/h3,6,12H,1-2,4-5,10H2. The number of hydrazine groups is 1. The SMILES string of the molecule is NNc1nc2sccn2c1S(=O)(=O)N1CCSCC1. The van der Waals surface area contributed by atoms with E-state index in [9.17, 15) is 8.42 Å². The number of imidazole rings is 1. The van der Waals surface area contributed by atoms with Crippen molar-refractivity contribution in [1.82, 2.24) is 13.7 Å². The van der Waals surface area contributed by atoms with Crippen molar-refractivity contribution in [3.05, 3.63) is 11.6 Å². The minimum Gasteiger partial charge on any atom is -0.306 e. The Bertz CT molecular complexity index is 686. The fourth-order valence-electron chi connectivity index (χ4n) is 2.01. The lowest BCUT2D eigenvalue weighted by atomic mass is 10.6. The maximum Gasteiger partial charge on any atom is 0.263 e. The van der Waals surface area contributed by atoms with Crippen LogP contribution in [0, 0.1) is 0 Å². The lowest BCUT2D eigenvalue weighted by Gasteiger charge is -2.25. The number of thioether (sulfide) groups is 1. The van der Waals surface area contributed by atoms with Crippen LogP contribution in [0.5, 0.6) is 0 Å². The van der Waals surface area contributed by atoms with E-state index >= 15 is 0 Å². The van der Waals surface area contributed by atoms with Gasteiger partial charge in [-0.15, -0.1) is 11.3 Å². The summed E-state index contributed by atoms with van der Waals surface area (Å²) in [7, 11) is -3.57. The number of nitrogens with one attached hydrogen (secondary N) is 1. The van der Waals surface area contributed by atoms with Gasteiger partial charge >= 0.3 is 0 Å². The average Bonchev–Trinajstić information content (AvgIpc) is 2.98. The molecule has 3 heterocycles. The number of sulfonamides is 1. The third-order valence-electron chi connectivity index (χ3n) is 2.91. The van der Waals surface area contributed by atoms with Crippen LogP contribution in [0.15, 0.2) is 16.6 Å². The molecule has 0 atom stereocenters. The molecule has 19 heavy (non-hydrogen) atoms. The first-order chi connectivity index (χ1) is 9.14. The molecule has 0 amide bonds. The van der Waals surface area contributed by atoms with E-state index in [2.05, 4.69) is 10.4 Å². The highest BCUT2D eigenvalue weighted by molar-refractivity contribution is 7.99. The van der Waals surface area contributed by atoms with Crippen LogP contribution in [0.4, 0.5) is 5.82 Å². The normalized spacial score (nSPS) is 17.9. The molecule has 3 N–H and O–H groups in total. The van der Waals surface area contributed by atoms with Crippen LogP contribution >= 0.6 is 23.1 Å². The molecule has 1 aliphatic heterocycles. The first-order valence-electron chi connectivity index (χ1n) is 5.64. The van der Waals surface area contributed by atoms with Gasteiger partial charge in [-0.05, 0) is 0 Å². The Balaban J connectivity index is 2.13. The molecular weight excluding hydrogens is 306 g/mol. The predicted octanol–water partition coefficient (Wildman–Crippen LogP) is 0.419. The molecule has 10 heteroatoms. The van der Waals surface area contributed by atoms with Gasteiger partial charge in [-0.3, -0.25) is 4.40 Å². The molecule has 0 aliphatic carbocycles. The highest BCUT2D eigenvalue weighted by Crippen LogP contribution is 2.28. The minimum atomic E-state index is -3.57. The Kier molecular flexibility index (Phi) is 3.43. The van der Waals surface area contributed by atoms with Gasteiger partial charge in [0.2, 0.25) is 5.03 Å². The third-order valence-corrected chi connectivity index (χ3v) is 6.53. The van der Waals surface area contributed by atoms with Crippen molar-refractivity contribution < 1.29 is 8.42 Å². The van der Waals surface area contributed by atoms with E-state index in [1.165, 1.54) is 15.6 Å². The zero-order valence-corrected chi connectivity index (χ0v) is 12.4. The van der Waals surface area contributed by atoms with Gasteiger partial charge in [-0.2, -0.15) is 21.1 Å². The van der Waals surface area contributed by atoms with Crippen molar-refractivity contribution in [3.63, 3.8) is 0 Å². The van der Waals surface area contributed by atoms with Gasteiger partial charge in [0.05, 0.1) is 0 Å². The number of fused-ring (bicyclic) bond motifs is 1. The monoisotopic (exact) mass is 319 g/mol. The maximum atomic E-state index is 12.7. The maximum absolute atomic E-state index is 12.7. The zero-order valence-electron chi connectivity index (χ0n) is 9.94. The fraction of sp³-hybridized carbons (Fsp3) is 0.444. The molecule has 104 valence electrons. The molecule has 0 saturated carbocycles. The summed E-state index contributed by atoms with van der Waals surface area (Å²) in [6.45, 7) is 1.04. The van der Waals surface area contributed by atoms with Crippen LogP contribution in [0.1, 0.15) is 0 Å². The second kappa shape index (κ2) is 4.94. The molecule has 0 unspecified atom stereocenters. The molecule has 2 aromatic rings. The zero-order chi connectivity index (χ0) is 13.5. The van der Waals surface area contributed by atoms with Gasteiger partial charge < -0.3 is 5.43 Å². The number of nitrogens with two attached hydrogens (primary N) is 1. The third kappa shape index (κ3) is 2.13. The Morgan fingerprint density at radius 1 is 1.37 bits per heavy atom. The van der Waals surface area contributed by atoms with Crippen molar-refractivity contribution in [1.29, 1.82) is 0 Å². The molecule has 0 radical (unpaired) electrons. The number of nitrogen functional groups attached to an aromatic ring is 1. The summed E-state index contributed by atoms with van der Waals surface area (Å²) in [6.07, 6.45) is 1.69. The van der Waals surface area contributed by atoms with Gasteiger partial charge in [-0.1, -0.05) is 0 Å². The highest BCUT2D eigenvalue weighted by atomic mass is 32.2. The molecule has 3 rings (SSSR count). The second-order valence-electron chi connectivity index (χ2n) is 3.98. The number of anilines is 1. The van der Waals surface area contributed by atoms with Crippen molar-refractivity contribution >= 4 is 43.9 Å². The molecule has 1 aliphatic rings. The van der Waals surface area contributed by atoms with E-state index in [1.807, 2.05) is 0 Å². The lowest BCUT2D eigenvalue weighted by molar-refractivity contribution is 0.441. The molecule has 7 nitrogen and oxygen atoms in total. The molecule has 1 saturated heterocycles. The number of hydrogen-bond acceptors (Lipinski definition) is 7. The number of aromatic nitrogens is 2. The summed E-state index contributed by atoms with van der Waals surface area (Å²) < 4.78 is 28.5. The van der Waals surface area contributed by atoms with Crippen LogP contribution in [-0.2, 0) is 10.0 Å². The average molecular weight is 319 g/mol. The quantitative estimate of drug-likeness (QED) is 0.629. The van der Waals surface area contributed by atoms with Crippen molar-refractivity contribution in [2.75, 3.05) is 30.0 Å². The Morgan fingerprint density at radius 2 is 2.11 bits per heavy atom. The highest BCUT2D eigenvalue weighted by Gasteiger charge is 2.32. The van der Waals surface area contributed by atoms with Crippen molar-refractivity contribution in [2.24, 2.45) is 5.84 Å². The van der Waals surface area contributed by atoms with Gasteiger partial charge in [0.15, 0.2) is 10.8 Å². The Hall–Kier alpha value is -0.810. The molecule has 0 aromatic carbocycles. The largest absolute Gasteiger partial charge is 0.306 e. The fourth-order valence-corrected chi connectivity index (χ4v) is 5.57. The molecular formula is C9H13N5O2S3. The van der Waals surface area contributed by atoms with E-state index in [0.717, 1.165) is 11.5 Å². The topological polar surface area (TPSA) is 92.7 Å². The molecule has 1 fully saturated rings. The van der Waals surface area contributed by atoms with E-state index < -0.39 is 10.0 Å². The van der Waals surface area contributed by atoms with E-state index in [-0.39, 0.29) is 10.8 Å². The van der Waals surface area contributed by atoms with Crippen LogP contribution in [0.25, 0.3) is 4.96 Å². The molecule has 0 bridgehead atoms. The number of thiazole rings is 1. The van der Waals surface area contributed by atoms with E-state index in [0.29, 0.717) is 18.1 Å². The van der Waals surface area contributed by atoms with Gasteiger partial charge in [0, 0.05) is 36.2 Å². The van der Waals surface area contributed by atoms with Crippen molar-refractivity contribution in [2.45, 2.75) is 5.03 Å². The van der Waals surface area contributed by atoms with Gasteiger partial charge in [-0.25, -0.2) is 14.3 Å². The Morgan fingerprint density at radius 3 is 2.79 bits per heavy atom. The van der Waals surface area contributed by atoms with E-state index in [1.54, 1.807) is 27.7 Å². The smallest absolute Gasteiger partial charge is 0.263 e. The molecule has 0 spiro atoms. The van der Waals surface area contributed by atoms with Gasteiger partial charge in [0.25, 0.3) is 10.0 Å². The van der Waals surface area contributed by atoms with Crippen molar-refractivity contribution in [3.8, 4) is 0 Å². The minimum absolute atomic E-state index is 0.123. The number of hydrogen-bond donors (Lipinski definition) is 2. The van der Waals surface area contributed by atoms with Crippen LogP contribution in [0.3, 0.4) is 0 Å². The summed E-state index contributed by atoms with van der Waals surface area (Å²) in [4.78, 5) is 4.80.